The van der Waals surface area contributed by atoms with Gasteiger partial charge in [-0.15, -0.1) is 0 Å². The first-order valence-electron chi connectivity index (χ1n) is 5.70. The summed E-state index contributed by atoms with van der Waals surface area (Å²) in [6.07, 6.45) is 2.65. The third-order valence-electron chi connectivity index (χ3n) is 2.41. The topological polar surface area (TPSA) is 97.1 Å². The molecule has 0 aliphatic rings. The third-order valence-corrected chi connectivity index (χ3v) is 4.27. The molecular formula is C12H11ClN4O3S. The zero-order valence-corrected chi connectivity index (χ0v) is 12.5. The first kappa shape index (κ1) is 15.3. The molecule has 0 unspecified atom stereocenters. The summed E-state index contributed by atoms with van der Waals surface area (Å²) in [5, 5.41) is 12.3. The van der Waals surface area contributed by atoms with Crippen molar-refractivity contribution >= 4 is 27.4 Å². The van der Waals surface area contributed by atoms with Gasteiger partial charge in [0.1, 0.15) is 12.4 Å². The molecule has 2 N–H and O–H groups in total. The van der Waals surface area contributed by atoms with E-state index in [9.17, 15) is 8.42 Å². The normalized spacial score (nSPS) is 10.8. The molecule has 0 aliphatic heterocycles. The summed E-state index contributed by atoms with van der Waals surface area (Å²) in [5.74, 6) is 5.22. The Morgan fingerprint density at radius 2 is 2.29 bits per heavy atom. The molecule has 0 saturated heterocycles. The molecule has 0 amide bonds. The van der Waals surface area contributed by atoms with Crippen LogP contribution in [0.15, 0.2) is 29.6 Å². The average molecular weight is 327 g/mol. The lowest BCUT2D eigenvalue weighted by Gasteiger charge is -2.08. The molecule has 21 heavy (non-hydrogen) atoms. The molecule has 0 aliphatic carbocycles. The molecular weight excluding hydrogens is 316 g/mol. The molecule has 2 aromatic rings. The number of pyridine rings is 1. The smallest absolute Gasteiger partial charge is 0.281 e. The molecule has 110 valence electrons. The van der Waals surface area contributed by atoms with E-state index in [1.54, 1.807) is 6.07 Å². The quantitative estimate of drug-likeness (QED) is 0.806. The van der Waals surface area contributed by atoms with Crippen LogP contribution in [0, 0.1) is 11.8 Å². The van der Waals surface area contributed by atoms with Gasteiger partial charge in [-0.1, -0.05) is 23.4 Å². The van der Waals surface area contributed by atoms with Gasteiger partial charge in [-0.05, 0) is 12.1 Å². The van der Waals surface area contributed by atoms with Crippen molar-refractivity contribution < 1.29 is 13.5 Å². The van der Waals surface area contributed by atoms with Crippen molar-refractivity contribution in [1.82, 2.24) is 14.8 Å². The van der Waals surface area contributed by atoms with Crippen LogP contribution in [0.3, 0.4) is 0 Å². The third kappa shape index (κ3) is 3.52. The summed E-state index contributed by atoms with van der Waals surface area (Å²) in [5.41, 5.74) is 0.521. The summed E-state index contributed by atoms with van der Waals surface area (Å²) in [7, 11) is -2.44. The Balaban J connectivity index is 2.33. The number of nitrogens with one attached hydrogen (secondary N) is 1. The zero-order valence-electron chi connectivity index (χ0n) is 10.9. The summed E-state index contributed by atoms with van der Waals surface area (Å²) >= 11 is 5.82. The van der Waals surface area contributed by atoms with E-state index in [-0.39, 0.29) is 22.5 Å². The summed E-state index contributed by atoms with van der Waals surface area (Å²) in [6.45, 7) is -0.284. The van der Waals surface area contributed by atoms with Crippen LogP contribution in [-0.4, -0.2) is 34.9 Å². The Morgan fingerprint density at radius 1 is 1.52 bits per heavy atom. The SMILES string of the molecule is Cn1ncc(Cl)c1S(=O)(=O)Nc1cc(C#CCO)ccn1. The standard InChI is InChI=1S/C12H11ClN4O3S/c1-17-12(10(13)8-15-17)21(19,20)16-11-7-9(3-2-6-18)4-5-14-11/h4-5,7-8,18H,6H2,1H3,(H,14,16). The molecule has 0 radical (unpaired) electrons. The van der Waals surface area contributed by atoms with Crippen molar-refractivity contribution in [3.63, 3.8) is 0 Å². The van der Waals surface area contributed by atoms with E-state index in [0.717, 1.165) is 4.68 Å². The molecule has 2 aromatic heterocycles. The van der Waals surface area contributed by atoms with E-state index in [2.05, 4.69) is 26.6 Å². The molecule has 0 fully saturated rings. The number of aliphatic hydroxyl groups excluding tert-OH is 1. The van der Waals surface area contributed by atoms with E-state index in [1.165, 1.54) is 25.5 Å². The van der Waals surface area contributed by atoms with Crippen molar-refractivity contribution in [2.75, 3.05) is 11.3 Å². The highest BCUT2D eigenvalue weighted by molar-refractivity contribution is 7.92. The lowest BCUT2D eigenvalue weighted by atomic mass is 10.2. The summed E-state index contributed by atoms with van der Waals surface area (Å²) < 4.78 is 28.0. The second kappa shape index (κ2) is 6.13. The maximum absolute atomic E-state index is 12.3. The number of hydrogen-bond donors (Lipinski definition) is 2. The van der Waals surface area contributed by atoms with Crippen LogP contribution in [0.1, 0.15) is 5.56 Å². The fourth-order valence-electron chi connectivity index (χ4n) is 1.59. The second-order valence-electron chi connectivity index (χ2n) is 3.92. The van der Waals surface area contributed by atoms with Crippen molar-refractivity contribution in [1.29, 1.82) is 0 Å². The molecule has 0 aromatic carbocycles. The predicted octanol–water partition coefficient (Wildman–Crippen LogP) is 0.613. The van der Waals surface area contributed by atoms with Crippen LogP contribution >= 0.6 is 11.6 Å². The summed E-state index contributed by atoms with van der Waals surface area (Å²) in [6, 6.07) is 3.04. The number of aryl methyl sites for hydroxylation is 1. The highest BCUT2D eigenvalue weighted by atomic mass is 35.5. The first-order chi connectivity index (χ1) is 9.94. The van der Waals surface area contributed by atoms with E-state index in [0.29, 0.717) is 5.56 Å². The van der Waals surface area contributed by atoms with Gasteiger partial charge in [-0.25, -0.2) is 4.98 Å². The predicted molar refractivity (Wildman–Crippen MR) is 77.2 cm³/mol. The number of aliphatic hydroxyl groups is 1. The molecule has 0 bridgehead atoms. The van der Waals surface area contributed by atoms with E-state index in [1.807, 2.05) is 0 Å². The lowest BCUT2D eigenvalue weighted by molar-refractivity contribution is 0.350. The Bertz CT molecular complexity index is 801. The Hall–Kier alpha value is -2.08. The molecule has 2 rings (SSSR count). The highest BCUT2D eigenvalue weighted by Gasteiger charge is 2.23. The second-order valence-corrected chi connectivity index (χ2v) is 5.92. The van der Waals surface area contributed by atoms with Crippen molar-refractivity contribution in [3.8, 4) is 11.8 Å². The van der Waals surface area contributed by atoms with E-state index < -0.39 is 10.0 Å². The van der Waals surface area contributed by atoms with Gasteiger partial charge >= 0.3 is 0 Å². The Morgan fingerprint density at radius 3 is 2.90 bits per heavy atom. The number of anilines is 1. The van der Waals surface area contributed by atoms with Gasteiger partial charge in [-0.3, -0.25) is 9.40 Å². The van der Waals surface area contributed by atoms with Crippen LogP contribution in [-0.2, 0) is 17.1 Å². The van der Waals surface area contributed by atoms with Gasteiger partial charge in [0.2, 0.25) is 0 Å². The lowest BCUT2D eigenvalue weighted by Crippen LogP contribution is -2.17. The minimum absolute atomic E-state index is 0.0150. The number of aromatic nitrogens is 3. The Kier molecular flexibility index (Phi) is 4.47. The maximum atomic E-state index is 12.3. The molecule has 7 nitrogen and oxygen atoms in total. The van der Waals surface area contributed by atoms with Gasteiger partial charge in [0.05, 0.1) is 11.2 Å². The van der Waals surface area contributed by atoms with E-state index in [4.69, 9.17) is 16.7 Å². The molecule has 0 atom stereocenters. The zero-order chi connectivity index (χ0) is 15.5. The van der Waals surface area contributed by atoms with Crippen molar-refractivity contribution in [2.24, 2.45) is 7.05 Å². The number of rotatable bonds is 3. The summed E-state index contributed by atoms with van der Waals surface area (Å²) in [4.78, 5) is 3.91. The fourth-order valence-corrected chi connectivity index (χ4v) is 3.25. The maximum Gasteiger partial charge on any atom is 0.281 e. The minimum Gasteiger partial charge on any atom is -0.384 e. The largest absolute Gasteiger partial charge is 0.384 e. The Labute approximate surface area is 126 Å². The van der Waals surface area contributed by atoms with E-state index >= 15 is 0 Å². The van der Waals surface area contributed by atoms with Crippen LogP contribution in [0.5, 0.6) is 0 Å². The van der Waals surface area contributed by atoms with Gasteiger partial charge < -0.3 is 5.11 Å². The van der Waals surface area contributed by atoms with Crippen molar-refractivity contribution in [2.45, 2.75) is 5.03 Å². The van der Waals surface area contributed by atoms with Crippen LogP contribution in [0.4, 0.5) is 5.82 Å². The van der Waals surface area contributed by atoms with Gasteiger partial charge in [0.25, 0.3) is 10.0 Å². The minimum atomic E-state index is -3.91. The number of sulfonamides is 1. The van der Waals surface area contributed by atoms with Crippen LogP contribution in [0.2, 0.25) is 5.02 Å². The van der Waals surface area contributed by atoms with Crippen LogP contribution < -0.4 is 4.72 Å². The van der Waals surface area contributed by atoms with Crippen LogP contribution in [0.25, 0.3) is 0 Å². The molecule has 0 spiro atoms. The molecule has 9 heteroatoms. The monoisotopic (exact) mass is 326 g/mol. The van der Waals surface area contributed by atoms with Crippen molar-refractivity contribution in [3.05, 3.63) is 35.1 Å². The van der Waals surface area contributed by atoms with Gasteiger partial charge in [-0.2, -0.15) is 13.5 Å². The first-order valence-corrected chi connectivity index (χ1v) is 7.56. The highest BCUT2D eigenvalue weighted by Crippen LogP contribution is 2.22. The fraction of sp³-hybridized carbons (Fsp3) is 0.167. The van der Waals surface area contributed by atoms with Gasteiger partial charge in [0, 0.05) is 18.8 Å². The number of halogens is 1. The molecule has 2 heterocycles. The molecule has 0 saturated carbocycles. The number of hydrogen-bond acceptors (Lipinski definition) is 5. The average Bonchev–Trinajstić information content (AvgIpc) is 2.76. The number of nitrogens with zero attached hydrogens (tertiary/aromatic N) is 3. The van der Waals surface area contributed by atoms with Gasteiger partial charge in [0.15, 0.2) is 5.03 Å².